The minimum absolute atomic E-state index is 0.0903. The van der Waals surface area contributed by atoms with E-state index in [1.807, 2.05) is 6.92 Å². The van der Waals surface area contributed by atoms with E-state index >= 15 is 0 Å². The Morgan fingerprint density at radius 3 is 2.75 bits per heavy atom. The van der Waals surface area contributed by atoms with Crippen LogP contribution < -0.4 is 0 Å². The summed E-state index contributed by atoms with van der Waals surface area (Å²) in [6.45, 7) is 1.82. The van der Waals surface area contributed by atoms with Crippen LogP contribution in [0, 0.1) is 17.0 Å². The molecule has 0 unspecified atom stereocenters. The molecular weight excluding hydrogens is 274 g/mol. The number of nitro groups is 1. The molecule has 0 radical (unpaired) electrons. The van der Waals surface area contributed by atoms with Gasteiger partial charge in [-0.05, 0) is 34.5 Å². The molecule has 0 spiro atoms. The summed E-state index contributed by atoms with van der Waals surface area (Å²) in [6.07, 6.45) is 3.47. The number of non-ortho nitro benzene ring substituents is 1. The monoisotopic (exact) mass is 281 g/mol. The van der Waals surface area contributed by atoms with Crippen molar-refractivity contribution in [3.8, 4) is 5.69 Å². The quantitative estimate of drug-likeness (QED) is 0.628. The molecule has 0 N–H and O–H groups in total. The topological polar surface area (TPSA) is 61.0 Å². The Bertz CT molecular complexity index is 551. The fourth-order valence-corrected chi connectivity index (χ4v) is 1.73. The number of rotatable bonds is 2. The smallest absolute Gasteiger partial charge is 0.258 e. The van der Waals surface area contributed by atoms with Gasteiger partial charge in [0.2, 0.25) is 0 Å². The molecule has 0 saturated heterocycles. The molecule has 0 amide bonds. The summed E-state index contributed by atoms with van der Waals surface area (Å²) in [7, 11) is 0. The van der Waals surface area contributed by atoms with Gasteiger partial charge >= 0.3 is 0 Å². The van der Waals surface area contributed by atoms with Gasteiger partial charge in [-0.3, -0.25) is 10.1 Å². The number of hydrogen-bond acceptors (Lipinski definition) is 3. The zero-order chi connectivity index (χ0) is 11.7. The first-order chi connectivity index (χ1) is 7.58. The van der Waals surface area contributed by atoms with Crippen LogP contribution in [0.15, 0.2) is 35.1 Å². The van der Waals surface area contributed by atoms with Crippen molar-refractivity contribution < 1.29 is 4.92 Å². The molecule has 5 nitrogen and oxygen atoms in total. The minimum atomic E-state index is -0.407. The third-order valence-electron chi connectivity index (χ3n) is 2.19. The third-order valence-corrected chi connectivity index (χ3v) is 2.60. The van der Waals surface area contributed by atoms with Crippen molar-refractivity contribution in [2.75, 3.05) is 0 Å². The summed E-state index contributed by atoms with van der Waals surface area (Å²) in [5, 5.41) is 14.7. The summed E-state index contributed by atoms with van der Waals surface area (Å²) in [5.74, 6) is 0. The molecule has 0 fully saturated rings. The minimum Gasteiger partial charge on any atom is -0.258 e. The normalized spacial score (nSPS) is 10.4. The average Bonchev–Trinajstić information content (AvgIpc) is 2.64. The van der Waals surface area contributed by atoms with E-state index in [9.17, 15) is 10.1 Å². The van der Waals surface area contributed by atoms with Gasteiger partial charge in [0.1, 0.15) is 0 Å². The lowest BCUT2D eigenvalue weighted by Gasteiger charge is -2.04. The molecule has 0 bridgehead atoms. The molecule has 2 rings (SSSR count). The predicted octanol–water partition coefficient (Wildman–Crippen LogP) is 2.85. The second kappa shape index (κ2) is 4.05. The average molecular weight is 282 g/mol. The number of aryl methyl sites for hydroxylation is 1. The van der Waals surface area contributed by atoms with Gasteiger partial charge in [0.15, 0.2) is 0 Å². The van der Waals surface area contributed by atoms with Gasteiger partial charge in [0.05, 0.1) is 21.3 Å². The third kappa shape index (κ3) is 1.96. The summed E-state index contributed by atoms with van der Waals surface area (Å²) in [4.78, 5) is 10.2. The van der Waals surface area contributed by atoms with Crippen molar-refractivity contribution in [2.24, 2.45) is 0 Å². The molecule has 16 heavy (non-hydrogen) atoms. The van der Waals surface area contributed by atoms with E-state index in [4.69, 9.17) is 0 Å². The van der Waals surface area contributed by atoms with Crippen LogP contribution in [-0.2, 0) is 0 Å². The lowest BCUT2D eigenvalue weighted by molar-refractivity contribution is -0.384. The van der Waals surface area contributed by atoms with Crippen molar-refractivity contribution in [3.05, 3.63) is 50.7 Å². The molecule has 0 aliphatic carbocycles. The fourth-order valence-electron chi connectivity index (χ4n) is 1.44. The number of nitrogens with zero attached hydrogens (tertiary/aromatic N) is 3. The van der Waals surface area contributed by atoms with E-state index in [1.54, 1.807) is 23.1 Å². The molecule has 1 aromatic heterocycles. The second-order valence-corrected chi connectivity index (χ2v) is 4.25. The summed E-state index contributed by atoms with van der Waals surface area (Å²) in [5.41, 5.74) is 1.73. The predicted molar refractivity (Wildman–Crippen MR) is 62.7 cm³/mol. The highest BCUT2D eigenvalue weighted by atomic mass is 79.9. The Hall–Kier alpha value is -1.69. The van der Waals surface area contributed by atoms with E-state index in [-0.39, 0.29) is 5.69 Å². The molecule has 0 aliphatic heterocycles. The van der Waals surface area contributed by atoms with Crippen LogP contribution in [0.25, 0.3) is 5.69 Å². The highest BCUT2D eigenvalue weighted by Crippen LogP contribution is 2.21. The van der Waals surface area contributed by atoms with Crippen LogP contribution in [0.3, 0.4) is 0 Å². The summed E-state index contributed by atoms with van der Waals surface area (Å²) >= 11 is 3.30. The van der Waals surface area contributed by atoms with Crippen LogP contribution in [0.4, 0.5) is 5.69 Å². The fraction of sp³-hybridized carbons (Fsp3) is 0.100. The highest BCUT2D eigenvalue weighted by Gasteiger charge is 2.09. The van der Waals surface area contributed by atoms with Crippen LogP contribution in [0.2, 0.25) is 0 Å². The van der Waals surface area contributed by atoms with E-state index < -0.39 is 4.92 Å². The van der Waals surface area contributed by atoms with Crippen LogP contribution in [0.1, 0.15) is 5.56 Å². The van der Waals surface area contributed by atoms with E-state index in [0.717, 1.165) is 15.7 Å². The molecule has 2 aromatic rings. The Morgan fingerprint density at radius 2 is 2.25 bits per heavy atom. The largest absolute Gasteiger partial charge is 0.269 e. The van der Waals surface area contributed by atoms with Gasteiger partial charge in [-0.15, -0.1) is 0 Å². The van der Waals surface area contributed by atoms with Gasteiger partial charge in [0.25, 0.3) is 5.69 Å². The molecule has 0 atom stereocenters. The molecule has 0 saturated carbocycles. The van der Waals surface area contributed by atoms with E-state index in [1.165, 1.54) is 12.1 Å². The van der Waals surface area contributed by atoms with E-state index in [2.05, 4.69) is 21.0 Å². The van der Waals surface area contributed by atoms with Gasteiger partial charge < -0.3 is 0 Å². The van der Waals surface area contributed by atoms with Gasteiger partial charge in [0, 0.05) is 18.3 Å². The molecule has 1 heterocycles. The van der Waals surface area contributed by atoms with Crippen LogP contribution in [-0.4, -0.2) is 14.7 Å². The van der Waals surface area contributed by atoms with Crippen LogP contribution >= 0.6 is 15.9 Å². The number of nitro benzene ring substituents is 1. The molecule has 0 aliphatic rings. The molecule has 6 heteroatoms. The summed E-state index contributed by atoms with van der Waals surface area (Å²) < 4.78 is 2.54. The highest BCUT2D eigenvalue weighted by molar-refractivity contribution is 9.10. The summed E-state index contributed by atoms with van der Waals surface area (Å²) in [6, 6.07) is 4.69. The Kier molecular flexibility index (Phi) is 2.74. The first-order valence-corrected chi connectivity index (χ1v) is 5.33. The Labute approximate surface area is 100.0 Å². The van der Waals surface area contributed by atoms with Gasteiger partial charge in [-0.1, -0.05) is 0 Å². The number of hydrogen-bond donors (Lipinski definition) is 0. The second-order valence-electron chi connectivity index (χ2n) is 3.33. The molecule has 1 aromatic carbocycles. The standard InChI is InChI=1S/C10H8BrN3O2/c1-7-4-9(14(15)16)2-3-10(7)13-6-8(11)5-12-13/h2-6H,1H3. The maximum Gasteiger partial charge on any atom is 0.269 e. The van der Waals surface area contributed by atoms with Crippen molar-refractivity contribution in [3.63, 3.8) is 0 Å². The lowest BCUT2D eigenvalue weighted by atomic mass is 10.2. The zero-order valence-corrected chi connectivity index (χ0v) is 10.0. The number of halogens is 1. The Morgan fingerprint density at radius 1 is 1.50 bits per heavy atom. The maximum absolute atomic E-state index is 10.6. The van der Waals surface area contributed by atoms with Crippen molar-refractivity contribution >= 4 is 21.6 Å². The van der Waals surface area contributed by atoms with Gasteiger partial charge in [-0.25, -0.2) is 4.68 Å². The number of aromatic nitrogens is 2. The van der Waals surface area contributed by atoms with Gasteiger partial charge in [-0.2, -0.15) is 5.10 Å². The van der Waals surface area contributed by atoms with Crippen LogP contribution in [0.5, 0.6) is 0 Å². The lowest BCUT2D eigenvalue weighted by Crippen LogP contribution is -1.98. The van der Waals surface area contributed by atoms with E-state index in [0.29, 0.717) is 0 Å². The SMILES string of the molecule is Cc1cc([N+](=O)[O-])ccc1-n1cc(Br)cn1. The van der Waals surface area contributed by atoms with Crippen molar-refractivity contribution in [2.45, 2.75) is 6.92 Å². The number of benzene rings is 1. The zero-order valence-electron chi connectivity index (χ0n) is 8.42. The molecular formula is C10H8BrN3O2. The van der Waals surface area contributed by atoms with Crippen molar-refractivity contribution in [1.82, 2.24) is 9.78 Å². The van der Waals surface area contributed by atoms with Crippen molar-refractivity contribution in [1.29, 1.82) is 0 Å². The first-order valence-electron chi connectivity index (χ1n) is 4.53. The Balaban J connectivity index is 2.47. The molecule has 82 valence electrons. The maximum atomic E-state index is 10.6. The first kappa shape index (κ1) is 10.8.